The van der Waals surface area contributed by atoms with Crippen LogP contribution < -0.4 is 11.1 Å². The lowest BCUT2D eigenvalue weighted by Crippen LogP contribution is -2.49. The summed E-state index contributed by atoms with van der Waals surface area (Å²) < 4.78 is 0. The van der Waals surface area contributed by atoms with E-state index in [-0.39, 0.29) is 6.04 Å². The second kappa shape index (κ2) is 2.21. The normalized spacial score (nSPS) is 40.0. The highest BCUT2D eigenvalue weighted by atomic mass is 16.4. The summed E-state index contributed by atoms with van der Waals surface area (Å²) in [6.45, 7) is 2.31. The third-order valence-corrected chi connectivity index (χ3v) is 1.86. The molecule has 0 amide bonds. The molecular formula is C6H12N2O2. The number of rotatable bonds is 1. The summed E-state index contributed by atoms with van der Waals surface area (Å²) in [6, 6.07) is 0.223. The second-order valence-corrected chi connectivity index (χ2v) is 2.95. The quantitative estimate of drug-likeness (QED) is 0.448. The van der Waals surface area contributed by atoms with Gasteiger partial charge in [-0.25, -0.2) is 0 Å². The Labute approximate surface area is 59.4 Å². The van der Waals surface area contributed by atoms with Crippen LogP contribution in [0.5, 0.6) is 0 Å². The van der Waals surface area contributed by atoms with Crippen LogP contribution in [0.2, 0.25) is 0 Å². The molecule has 10 heavy (non-hydrogen) atoms. The van der Waals surface area contributed by atoms with Gasteiger partial charge >= 0.3 is 5.97 Å². The molecule has 1 aliphatic heterocycles. The fraction of sp³-hybridized carbons (Fsp3) is 0.833. The molecule has 4 N–H and O–H groups in total. The van der Waals surface area contributed by atoms with Gasteiger partial charge in [0.1, 0.15) is 5.54 Å². The minimum absolute atomic E-state index is 0.223. The number of hydrogen-bond donors (Lipinski definition) is 3. The van der Waals surface area contributed by atoms with Crippen LogP contribution in [-0.2, 0) is 4.79 Å². The van der Waals surface area contributed by atoms with Gasteiger partial charge in [0, 0.05) is 12.6 Å². The van der Waals surface area contributed by atoms with Crippen LogP contribution in [0.4, 0.5) is 0 Å². The van der Waals surface area contributed by atoms with Crippen LogP contribution in [0.25, 0.3) is 0 Å². The Balaban J connectivity index is 2.63. The Morgan fingerprint density at radius 3 is 2.70 bits per heavy atom. The van der Waals surface area contributed by atoms with Crippen molar-refractivity contribution in [1.29, 1.82) is 0 Å². The van der Waals surface area contributed by atoms with Crippen LogP contribution in [0.1, 0.15) is 13.3 Å². The maximum Gasteiger partial charge on any atom is 0.325 e. The number of nitrogens with two attached hydrogens (primary N) is 1. The first-order valence-electron chi connectivity index (χ1n) is 3.30. The topological polar surface area (TPSA) is 75.4 Å². The lowest BCUT2D eigenvalue weighted by molar-refractivity contribution is -0.142. The number of carbonyl (C=O) groups is 1. The highest BCUT2D eigenvalue weighted by Crippen LogP contribution is 2.15. The molecule has 1 heterocycles. The zero-order valence-electron chi connectivity index (χ0n) is 5.92. The van der Waals surface area contributed by atoms with Gasteiger partial charge in [0.25, 0.3) is 0 Å². The zero-order chi connectivity index (χ0) is 7.78. The molecule has 0 unspecified atom stereocenters. The molecule has 1 saturated heterocycles. The summed E-state index contributed by atoms with van der Waals surface area (Å²) in [4.78, 5) is 10.5. The molecule has 0 radical (unpaired) electrons. The van der Waals surface area contributed by atoms with Gasteiger partial charge in [0.15, 0.2) is 0 Å². The molecule has 0 aliphatic carbocycles. The van der Waals surface area contributed by atoms with Gasteiger partial charge in [0.2, 0.25) is 0 Å². The zero-order valence-corrected chi connectivity index (χ0v) is 5.92. The Morgan fingerprint density at radius 1 is 1.90 bits per heavy atom. The highest BCUT2D eigenvalue weighted by Gasteiger charge is 2.40. The first kappa shape index (κ1) is 7.50. The number of hydrogen-bond acceptors (Lipinski definition) is 3. The first-order chi connectivity index (χ1) is 4.54. The van der Waals surface area contributed by atoms with E-state index in [4.69, 9.17) is 10.8 Å². The minimum atomic E-state index is -1.03. The molecule has 0 spiro atoms. The van der Waals surface area contributed by atoms with Crippen molar-refractivity contribution in [2.24, 2.45) is 5.73 Å². The van der Waals surface area contributed by atoms with E-state index in [9.17, 15) is 4.79 Å². The average Bonchev–Trinajstić information content (AvgIpc) is 2.13. The molecule has 0 saturated carbocycles. The van der Waals surface area contributed by atoms with Gasteiger partial charge in [-0.05, 0) is 13.3 Å². The van der Waals surface area contributed by atoms with Crippen LogP contribution in [0.15, 0.2) is 0 Å². The van der Waals surface area contributed by atoms with Crippen LogP contribution in [0.3, 0.4) is 0 Å². The van der Waals surface area contributed by atoms with E-state index >= 15 is 0 Å². The van der Waals surface area contributed by atoms with Crippen molar-refractivity contribution in [1.82, 2.24) is 5.32 Å². The Morgan fingerprint density at radius 2 is 2.50 bits per heavy atom. The summed E-state index contributed by atoms with van der Waals surface area (Å²) in [6.07, 6.45) is 0.516. The predicted molar refractivity (Wildman–Crippen MR) is 36.6 cm³/mol. The lowest BCUT2D eigenvalue weighted by atomic mass is 9.98. The van der Waals surface area contributed by atoms with Crippen molar-refractivity contribution in [2.45, 2.75) is 24.9 Å². The summed E-state index contributed by atoms with van der Waals surface area (Å²) in [5.74, 6) is -0.913. The van der Waals surface area contributed by atoms with Crippen LogP contribution in [-0.4, -0.2) is 29.2 Å². The lowest BCUT2D eigenvalue weighted by Gasteiger charge is -2.15. The Bertz CT molecular complexity index is 160. The van der Waals surface area contributed by atoms with E-state index < -0.39 is 11.5 Å². The van der Waals surface area contributed by atoms with Crippen molar-refractivity contribution in [2.75, 3.05) is 6.54 Å². The van der Waals surface area contributed by atoms with E-state index in [1.54, 1.807) is 0 Å². The van der Waals surface area contributed by atoms with Crippen molar-refractivity contribution in [3.05, 3.63) is 0 Å². The van der Waals surface area contributed by atoms with Gasteiger partial charge in [-0.2, -0.15) is 0 Å². The molecule has 0 bridgehead atoms. The summed E-state index contributed by atoms with van der Waals surface area (Å²) in [5.41, 5.74) is 4.50. The van der Waals surface area contributed by atoms with E-state index in [2.05, 4.69) is 5.32 Å². The van der Waals surface area contributed by atoms with Gasteiger partial charge in [-0.1, -0.05) is 0 Å². The largest absolute Gasteiger partial charge is 0.480 e. The smallest absolute Gasteiger partial charge is 0.325 e. The highest BCUT2D eigenvalue weighted by molar-refractivity contribution is 5.79. The van der Waals surface area contributed by atoms with Crippen LogP contribution in [0, 0.1) is 0 Å². The van der Waals surface area contributed by atoms with E-state index in [1.165, 1.54) is 0 Å². The van der Waals surface area contributed by atoms with Crippen LogP contribution >= 0.6 is 0 Å². The molecule has 1 aliphatic rings. The first-order valence-corrected chi connectivity index (χ1v) is 3.30. The van der Waals surface area contributed by atoms with E-state index in [0.717, 1.165) is 0 Å². The summed E-state index contributed by atoms with van der Waals surface area (Å²) >= 11 is 0. The standard InChI is InChI=1S/C6H12N2O2/c1-4-2-6(7,3-8-4)5(9)10/h4,8H,2-3,7H2,1H3,(H,9,10)/t4-,6+/m0/s1. The second-order valence-electron chi connectivity index (χ2n) is 2.95. The fourth-order valence-corrected chi connectivity index (χ4v) is 1.21. The SMILES string of the molecule is C[C@H]1C[C@](N)(C(=O)O)CN1. The number of nitrogens with one attached hydrogen (secondary N) is 1. The third-order valence-electron chi connectivity index (χ3n) is 1.86. The molecule has 4 nitrogen and oxygen atoms in total. The van der Waals surface area contributed by atoms with E-state index in [0.29, 0.717) is 13.0 Å². The molecule has 58 valence electrons. The summed E-state index contributed by atoms with van der Waals surface area (Å²) in [7, 11) is 0. The molecular weight excluding hydrogens is 132 g/mol. The minimum Gasteiger partial charge on any atom is -0.480 e. The maximum atomic E-state index is 10.5. The van der Waals surface area contributed by atoms with E-state index in [1.807, 2.05) is 6.92 Å². The molecule has 0 aromatic carbocycles. The third kappa shape index (κ3) is 1.12. The Hall–Kier alpha value is -0.610. The average molecular weight is 144 g/mol. The maximum absolute atomic E-state index is 10.5. The van der Waals surface area contributed by atoms with Crippen molar-refractivity contribution < 1.29 is 9.90 Å². The van der Waals surface area contributed by atoms with Gasteiger partial charge in [-0.15, -0.1) is 0 Å². The molecule has 1 fully saturated rings. The number of aliphatic carboxylic acids is 1. The van der Waals surface area contributed by atoms with Gasteiger partial charge in [0.05, 0.1) is 0 Å². The number of carboxylic acids is 1. The molecule has 0 aromatic heterocycles. The van der Waals surface area contributed by atoms with Crippen molar-refractivity contribution in [3.8, 4) is 0 Å². The molecule has 4 heteroatoms. The summed E-state index contributed by atoms with van der Waals surface area (Å²) in [5, 5.41) is 11.6. The van der Waals surface area contributed by atoms with Gasteiger partial charge in [-0.3, -0.25) is 4.79 Å². The molecule has 2 atom stereocenters. The fourth-order valence-electron chi connectivity index (χ4n) is 1.21. The monoisotopic (exact) mass is 144 g/mol. The van der Waals surface area contributed by atoms with Crippen molar-refractivity contribution in [3.63, 3.8) is 0 Å². The van der Waals surface area contributed by atoms with Crippen molar-refractivity contribution >= 4 is 5.97 Å². The van der Waals surface area contributed by atoms with Gasteiger partial charge < -0.3 is 16.2 Å². The Kier molecular flexibility index (Phi) is 1.66. The number of carboxylic acid groups (broad SMARTS) is 1. The molecule has 0 aromatic rings. The predicted octanol–water partition coefficient (Wildman–Crippen LogP) is -0.850. The molecule has 1 rings (SSSR count).